The first-order valence-corrected chi connectivity index (χ1v) is 6.40. The summed E-state index contributed by atoms with van der Waals surface area (Å²) in [6.07, 6.45) is -0.884. The van der Waals surface area contributed by atoms with Crippen LogP contribution in [-0.2, 0) is 0 Å². The number of nitrogens with zero attached hydrogens (tertiary/aromatic N) is 1. The molecule has 17 heavy (non-hydrogen) atoms. The van der Waals surface area contributed by atoms with Crippen molar-refractivity contribution < 1.29 is 9.90 Å². The highest BCUT2D eigenvalue weighted by Crippen LogP contribution is 2.32. The second kappa shape index (κ2) is 5.02. The zero-order chi connectivity index (χ0) is 12.4. The molecule has 0 aromatic heterocycles. The highest BCUT2D eigenvalue weighted by Gasteiger charge is 2.29. The zero-order valence-corrected chi connectivity index (χ0v) is 10.7. The fraction of sp³-hybridized carbons (Fsp3) is 0.250. The van der Waals surface area contributed by atoms with E-state index in [1.54, 1.807) is 11.8 Å². The third-order valence-corrected chi connectivity index (χ3v) is 4.16. The molecule has 0 unspecified atom stereocenters. The molecule has 1 aliphatic rings. The van der Waals surface area contributed by atoms with Crippen LogP contribution in [-0.4, -0.2) is 34.4 Å². The van der Waals surface area contributed by atoms with E-state index in [9.17, 15) is 4.79 Å². The molecule has 1 aromatic rings. The predicted molar refractivity (Wildman–Crippen MR) is 69.8 cm³/mol. The van der Waals surface area contributed by atoms with Crippen LogP contribution in [0.2, 0.25) is 5.02 Å². The van der Waals surface area contributed by atoms with E-state index in [0.29, 0.717) is 18.1 Å². The van der Waals surface area contributed by atoms with Gasteiger partial charge in [-0.25, -0.2) is 4.79 Å². The van der Waals surface area contributed by atoms with Crippen molar-refractivity contribution in [3.05, 3.63) is 41.4 Å². The maximum atomic E-state index is 10.8. The summed E-state index contributed by atoms with van der Waals surface area (Å²) in [5, 5.41) is 9.74. The number of likely N-dealkylation sites (tertiary alicyclic amines) is 1. The largest absolute Gasteiger partial charge is 0.465 e. The molecule has 1 aromatic carbocycles. The van der Waals surface area contributed by atoms with Crippen LogP contribution in [0.3, 0.4) is 0 Å². The fourth-order valence-corrected chi connectivity index (χ4v) is 2.93. The second-order valence-electron chi connectivity index (χ2n) is 3.88. The van der Waals surface area contributed by atoms with E-state index >= 15 is 0 Å². The van der Waals surface area contributed by atoms with Crippen LogP contribution < -0.4 is 0 Å². The highest BCUT2D eigenvalue weighted by atomic mass is 35.5. The normalized spacial score (nSPS) is 19.7. The third kappa shape index (κ3) is 2.96. The van der Waals surface area contributed by atoms with E-state index in [1.165, 1.54) is 4.90 Å². The molecule has 1 heterocycles. The average Bonchev–Trinajstić information content (AvgIpc) is 2.64. The summed E-state index contributed by atoms with van der Waals surface area (Å²) in [6.45, 7) is 4.86. The topological polar surface area (TPSA) is 40.5 Å². The Balaban J connectivity index is 2.02. The van der Waals surface area contributed by atoms with Gasteiger partial charge in [-0.05, 0) is 29.8 Å². The summed E-state index contributed by atoms with van der Waals surface area (Å²) in [6, 6.07) is 7.53. The predicted octanol–water partition coefficient (Wildman–Crippen LogP) is 3.35. The molecule has 90 valence electrons. The van der Waals surface area contributed by atoms with Crippen LogP contribution in [0.4, 0.5) is 4.79 Å². The molecular formula is C12H12ClNO2S. The van der Waals surface area contributed by atoms with E-state index in [1.807, 2.05) is 24.3 Å². The summed E-state index contributed by atoms with van der Waals surface area (Å²) in [5.41, 5.74) is 0.951. The van der Waals surface area contributed by atoms with Crippen LogP contribution in [0, 0.1) is 0 Å². The van der Waals surface area contributed by atoms with Gasteiger partial charge in [-0.2, -0.15) is 0 Å². The molecule has 1 N–H and O–H groups in total. The van der Waals surface area contributed by atoms with Crippen LogP contribution >= 0.6 is 23.4 Å². The van der Waals surface area contributed by atoms with Crippen LogP contribution in [0.1, 0.15) is 0 Å². The first-order valence-electron chi connectivity index (χ1n) is 5.14. The summed E-state index contributed by atoms with van der Waals surface area (Å²) in [4.78, 5) is 13.3. The van der Waals surface area contributed by atoms with Gasteiger partial charge in [-0.3, -0.25) is 0 Å². The van der Waals surface area contributed by atoms with Crippen molar-refractivity contribution in [1.82, 2.24) is 4.90 Å². The lowest BCUT2D eigenvalue weighted by atomic mass is 10.3. The molecule has 1 saturated heterocycles. The van der Waals surface area contributed by atoms with E-state index in [4.69, 9.17) is 16.7 Å². The van der Waals surface area contributed by atoms with Gasteiger partial charge in [0.2, 0.25) is 0 Å². The van der Waals surface area contributed by atoms with Crippen molar-refractivity contribution in [1.29, 1.82) is 0 Å². The molecule has 1 fully saturated rings. The van der Waals surface area contributed by atoms with E-state index in [2.05, 4.69) is 6.58 Å². The lowest BCUT2D eigenvalue weighted by molar-refractivity contribution is 0.157. The number of thioether (sulfide) groups is 1. The lowest BCUT2D eigenvalue weighted by Crippen LogP contribution is -2.27. The molecule has 0 spiro atoms. The molecule has 3 nitrogen and oxygen atoms in total. The maximum Gasteiger partial charge on any atom is 0.407 e. The van der Waals surface area contributed by atoms with Crippen LogP contribution in [0.5, 0.6) is 0 Å². The Bertz CT molecular complexity index is 446. The Hall–Kier alpha value is -1.13. The number of rotatable bonds is 2. The Morgan fingerprint density at radius 2 is 2.12 bits per heavy atom. The molecule has 5 heteroatoms. The van der Waals surface area contributed by atoms with Crippen molar-refractivity contribution >= 4 is 29.5 Å². The van der Waals surface area contributed by atoms with E-state index < -0.39 is 6.09 Å². The van der Waals surface area contributed by atoms with Crippen molar-refractivity contribution in [3.63, 3.8) is 0 Å². The van der Waals surface area contributed by atoms with Gasteiger partial charge >= 0.3 is 6.09 Å². The van der Waals surface area contributed by atoms with Crippen molar-refractivity contribution in [2.24, 2.45) is 0 Å². The molecule has 0 aliphatic carbocycles. The van der Waals surface area contributed by atoms with Gasteiger partial charge in [0.1, 0.15) is 0 Å². The summed E-state index contributed by atoms with van der Waals surface area (Å²) >= 11 is 7.43. The molecule has 1 aliphatic heterocycles. The molecule has 2 rings (SSSR count). The quantitative estimate of drug-likeness (QED) is 0.837. The monoisotopic (exact) mass is 269 g/mol. The van der Waals surface area contributed by atoms with Crippen molar-refractivity contribution in [3.8, 4) is 0 Å². The Morgan fingerprint density at radius 3 is 2.65 bits per heavy atom. The number of amides is 1. The Labute approximate surface area is 109 Å². The van der Waals surface area contributed by atoms with E-state index in [0.717, 1.165) is 10.5 Å². The molecule has 1 atom stereocenters. The number of carbonyl (C=O) groups is 1. The summed E-state index contributed by atoms with van der Waals surface area (Å²) < 4.78 is 0. The van der Waals surface area contributed by atoms with Crippen molar-refractivity contribution in [2.45, 2.75) is 10.1 Å². The smallest absolute Gasteiger partial charge is 0.407 e. The summed E-state index contributed by atoms with van der Waals surface area (Å²) in [7, 11) is 0. The van der Waals surface area contributed by atoms with Gasteiger partial charge in [-0.15, -0.1) is 11.8 Å². The molecule has 0 saturated carbocycles. The van der Waals surface area contributed by atoms with E-state index in [-0.39, 0.29) is 5.25 Å². The van der Waals surface area contributed by atoms with Crippen LogP contribution in [0.15, 0.2) is 41.3 Å². The van der Waals surface area contributed by atoms with Gasteiger partial charge in [0.05, 0.1) is 0 Å². The third-order valence-electron chi connectivity index (χ3n) is 2.60. The zero-order valence-electron chi connectivity index (χ0n) is 9.10. The average molecular weight is 270 g/mol. The molecule has 1 amide bonds. The SMILES string of the molecule is C=C1CN(C(=O)O)C[C@@H]1Sc1ccc(Cl)cc1. The number of benzene rings is 1. The maximum absolute atomic E-state index is 10.8. The van der Waals surface area contributed by atoms with Crippen LogP contribution in [0.25, 0.3) is 0 Å². The Kier molecular flexibility index (Phi) is 3.64. The number of hydrogen-bond donors (Lipinski definition) is 1. The number of carboxylic acid groups (broad SMARTS) is 1. The molecule has 0 bridgehead atoms. The van der Waals surface area contributed by atoms with Gasteiger partial charge < -0.3 is 10.0 Å². The first kappa shape index (κ1) is 12.3. The standard InChI is InChI=1S/C12H12ClNO2S/c1-8-6-14(12(15)16)7-11(8)17-10-4-2-9(13)3-5-10/h2-5,11H,1,6-7H2,(H,15,16)/t11-/m0/s1. The van der Waals surface area contributed by atoms with Gasteiger partial charge in [0.15, 0.2) is 0 Å². The summed E-state index contributed by atoms with van der Waals surface area (Å²) in [5.74, 6) is 0. The Morgan fingerprint density at radius 1 is 1.47 bits per heavy atom. The molecule has 0 radical (unpaired) electrons. The fourth-order valence-electron chi connectivity index (χ4n) is 1.68. The minimum atomic E-state index is -0.884. The molecular weight excluding hydrogens is 258 g/mol. The number of halogens is 1. The van der Waals surface area contributed by atoms with Gasteiger partial charge in [0, 0.05) is 28.3 Å². The first-order chi connectivity index (χ1) is 8.06. The van der Waals surface area contributed by atoms with Gasteiger partial charge in [0.25, 0.3) is 0 Å². The van der Waals surface area contributed by atoms with Crippen molar-refractivity contribution in [2.75, 3.05) is 13.1 Å². The minimum Gasteiger partial charge on any atom is -0.465 e. The minimum absolute atomic E-state index is 0.132. The lowest BCUT2D eigenvalue weighted by Gasteiger charge is -2.11. The van der Waals surface area contributed by atoms with Gasteiger partial charge in [-0.1, -0.05) is 18.2 Å². The number of hydrogen-bond acceptors (Lipinski definition) is 2. The highest BCUT2D eigenvalue weighted by molar-refractivity contribution is 8.00. The second-order valence-corrected chi connectivity index (χ2v) is 5.59.